The molecular formula is C28H28F4N6O2. The molecule has 0 unspecified atom stereocenters. The Balaban J connectivity index is 1.20. The minimum atomic E-state index is -4.46. The smallest absolute Gasteiger partial charge is 0.358 e. The molecule has 1 aromatic carbocycles. The third-order valence-corrected chi connectivity index (χ3v) is 7.47. The van der Waals surface area contributed by atoms with Crippen molar-refractivity contribution in [3.8, 4) is 11.1 Å². The van der Waals surface area contributed by atoms with E-state index >= 15 is 0 Å². The van der Waals surface area contributed by atoms with Crippen molar-refractivity contribution in [2.24, 2.45) is 0 Å². The second kappa shape index (κ2) is 10.1. The average molecular weight is 557 g/mol. The average Bonchev–Trinajstić information content (AvgIpc) is 3.38. The van der Waals surface area contributed by atoms with Crippen molar-refractivity contribution in [1.29, 1.82) is 0 Å². The molecule has 5 rings (SSSR count). The number of alkyl halides is 3. The molecule has 0 bridgehead atoms. The van der Waals surface area contributed by atoms with E-state index in [1.54, 1.807) is 24.7 Å². The molecule has 1 fully saturated rings. The molecule has 4 aromatic rings. The van der Waals surface area contributed by atoms with Gasteiger partial charge in [0.05, 0.1) is 18.2 Å². The highest BCUT2D eigenvalue weighted by atomic mass is 19.4. The minimum absolute atomic E-state index is 0.0877. The van der Waals surface area contributed by atoms with Crippen molar-refractivity contribution in [2.75, 3.05) is 5.32 Å². The number of hydrogen-bond donors (Lipinski definition) is 1. The largest absolute Gasteiger partial charge is 0.401 e. The fraction of sp³-hybridized carbons (Fsp3) is 0.393. The number of hydrogen-bond acceptors (Lipinski definition) is 6. The number of amides is 1. The molecule has 210 valence electrons. The highest BCUT2D eigenvalue weighted by molar-refractivity contribution is 5.91. The minimum Gasteiger partial charge on any atom is -0.358 e. The molecule has 0 atom stereocenters. The molecule has 3 heterocycles. The van der Waals surface area contributed by atoms with Crippen LogP contribution >= 0.6 is 0 Å². The summed E-state index contributed by atoms with van der Waals surface area (Å²) in [7, 11) is 0. The number of aromatic nitrogens is 5. The first-order valence-corrected chi connectivity index (χ1v) is 12.9. The fourth-order valence-corrected chi connectivity index (χ4v) is 4.31. The van der Waals surface area contributed by atoms with E-state index in [1.807, 2.05) is 10.9 Å². The Morgan fingerprint density at radius 1 is 1.10 bits per heavy atom. The third-order valence-electron chi connectivity index (χ3n) is 7.47. The molecule has 0 aliphatic heterocycles. The topological polar surface area (TPSA) is 98.7 Å². The van der Waals surface area contributed by atoms with E-state index in [2.05, 4.69) is 46.3 Å². The van der Waals surface area contributed by atoms with E-state index in [0.29, 0.717) is 23.4 Å². The van der Waals surface area contributed by atoms with Crippen molar-refractivity contribution >= 4 is 11.7 Å². The molecule has 8 nitrogen and oxygen atoms in total. The van der Waals surface area contributed by atoms with Gasteiger partial charge in [-0.15, -0.1) is 0 Å². The summed E-state index contributed by atoms with van der Waals surface area (Å²) in [5, 5.41) is 10.3. The molecule has 12 heteroatoms. The van der Waals surface area contributed by atoms with Gasteiger partial charge < -0.3 is 9.84 Å². The summed E-state index contributed by atoms with van der Waals surface area (Å²) in [6.45, 7) is 6.33. The lowest BCUT2D eigenvalue weighted by Gasteiger charge is -2.23. The van der Waals surface area contributed by atoms with Crippen LogP contribution in [0.5, 0.6) is 0 Å². The molecule has 0 saturated heterocycles. The molecule has 0 radical (unpaired) electrons. The van der Waals surface area contributed by atoms with Gasteiger partial charge in [0.15, 0.2) is 11.6 Å². The van der Waals surface area contributed by atoms with E-state index < -0.39 is 23.3 Å². The van der Waals surface area contributed by atoms with Gasteiger partial charge in [-0.3, -0.25) is 9.48 Å². The summed E-state index contributed by atoms with van der Waals surface area (Å²) >= 11 is 0. The van der Waals surface area contributed by atoms with E-state index in [1.165, 1.54) is 12.1 Å². The van der Waals surface area contributed by atoms with Crippen molar-refractivity contribution in [1.82, 2.24) is 24.9 Å². The summed E-state index contributed by atoms with van der Waals surface area (Å²) in [5.74, 6) is -1.13. The third kappa shape index (κ3) is 5.47. The lowest BCUT2D eigenvalue weighted by atomic mass is 10.0. The van der Waals surface area contributed by atoms with Crippen LogP contribution in [0.2, 0.25) is 0 Å². The first-order valence-electron chi connectivity index (χ1n) is 12.9. The normalized spacial score (nSPS) is 14.8. The molecular weight excluding hydrogens is 528 g/mol. The van der Waals surface area contributed by atoms with Gasteiger partial charge in [0.2, 0.25) is 5.91 Å². The summed E-state index contributed by atoms with van der Waals surface area (Å²) in [6.07, 6.45) is 3.48. The van der Waals surface area contributed by atoms with Crippen LogP contribution in [0, 0.1) is 5.82 Å². The predicted molar refractivity (Wildman–Crippen MR) is 138 cm³/mol. The number of rotatable bonds is 9. The maximum Gasteiger partial charge on any atom is 0.401 e. The number of carbonyl (C=O) groups is 1. The second-order valence-electron chi connectivity index (χ2n) is 10.7. The van der Waals surface area contributed by atoms with E-state index in [-0.39, 0.29) is 41.9 Å². The molecule has 40 heavy (non-hydrogen) atoms. The maximum atomic E-state index is 14.8. The number of nitrogens with zero attached hydrogens (tertiary/aromatic N) is 5. The molecule has 1 saturated carbocycles. The number of anilines is 1. The fourth-order valence-electron chi connectivity index (χ4n) is 4.31. The zero-order chi connectivity index (χ0) is 28.7. The number of benzene rings is 1. The number of halogens is 4. The number of nitrogens with one attached hydrogen (secondary N) is 1. The number of carbonyl (C=O) groups excluding carboxylic acids is 1. The Morgan fingerprint density at radius 3 is 2.45 bits per heavy atom. The summed E-state index contributed by atoms with van der Waals surface area (Å²) in [4.78, 5) is 21.2. The molecule has 1 amide bonds. The van der Waals surface area contributed by atoms with Crippen molar-refractivity contribution in [2.45, 2.75) is 70.0 Å². The zero-order valence-electron chi connectivity index (χ0n) is 22.2. The molecule has 1 N–H and O–H groups in total. The van der Waals surface area contributed by atoms with Gasteiger partial charge >= 0.3 is 6.18 Å². The van der Waals surface area contributed by atoms with E-state index in [9.17, 15) is 22.4 Å². The molecule has 1 aliphatic carbocycles. The van der Waals surface area contributed by atoms with Crippen LogP contribution in [0.4, 0.5) is 23.4 Å². The Morgan fingerprint density at radius 2 is 1.82 bits per heavy atom. The van der Waals surface area contributed by atoms with Gasteiger partial charge in [0.25, 0.3) is 0 Å². The van der Waals surface area contributed by atoms with Crippen LogP contribution in [0.3, 0.4) is 0 Å². The van der Waals surface area contributed by atoms with E-state index in [0.717, 1.165) is 18.1 Å². The van der Waals surface area contributed by atoms with Crippen LogP contribution in [0.1, 0.15) is 62.7 Å². The SMILES string of the molecule is CCC(C)(C)n1cc(Cc2ncc(-c3ccc(CC(=O)Nc4cc(C5(C(F)(F)F)CC5)on4)c(F)c3)cn2)cn1. The van der Waals surface area contributed by atoms with Crippen molar-refractivity contribution in [3.05, 3.63) is 77.6 Å². The van der Waals surface area contributed by atoms with Crippen LogP contribution < -0.4 is 5.32 Å². The van der Waals surface area contributed by atoms with Crippen molar-refractivity contribution < 1.29 is 26.9 Å². The first kappa shape index (κ1) is 27.5. The monoisotopic (exact) mass is 556 g/mol. The van der Waals surface area contributed by atoms with Crippen molar-refractivity contribution in [3.63, 3.8) is 0 Å². The van der Waals surface area contributed by atoms with E-state index in [4.69, 9.17) is 4.52 Å². The second-order valence-corrected chi connectivity index (χ2v) is 10.7. The zero-order valence-corrected chi connectivity index (χ0v) is 22.2. The Kier molecular flexibility index (Phi) is 6.97. The van der Waals surface area contributed by atoms with Crippen LogP contribution in [-0.4, -0.2) is 37.0 Å². The molecule has 0 spiro atoms. The quantitative estimate of drug-likeness (QED) is 0.255. The standard InChI is InChI=1S/C28H28F4N6O2/c1-4-26(2,3)38-16-17(13-35-38)9-23-33-14-20(15-34-23)18-5-6-19(21(29)10-18)11-25(39)36-24-12-22(40-37-24)27(7-8-27)28(30,31)32/h5-6,10,12-16H,4,7-9,11H2,1-3H3,(H,36,37,39). The van der Waals surface area contributed by atoms with Gasteiger partial charge in [0.1, 0.15) is 17.1 Å². The van der Waals surface area contributed by atoms with Gasteiger partial charge in [0, 0.05) is 36.6 Å². The van der Waals surface area contributed by atoms with Gasteiger partial charge in [-0.05, 0) is 55.9 Å². The van der Waals surface area contributed by atoms with Crippen LogP contribution in [0.25, 0.3) is 11.1 Å². The Bertz CT molecular complexity index is 1520. The lowest BCUT2D eigenvalue weighted by Crippen LogP contribution is -2.28. The molecule has 1 aliphatic rings. The van der Waals surface area contributed by atoms with Gasteiger partial charge in [-0.25, -0.2) is 14.4 Å². The van der Waals surface area contributed by atoms with Gasteiger partial charge in [-0.2, -0.15) is 18.3 Å². The van der Waals surface area contributed by atoms with Gasteiger partial charge in [-0.1, -0.05) is 24.2 Å². The first-order chi connectivity index (χ1) is 18.9. The van der Waals surface area contributed by atoms with Crippen LogP contribution in [0.15, 0.2) is 53.6 Å². The summed E-state index contributed by atoms with van der Waals surface area (Å²) < 4.78 is 61.4. The Hall–Kier alpha value is -4.09. The summed E-state index contributed by atoms with van der Waals surface area (Å²) in [6, 6.07) is 5.47. The Labute approximate surface area is 227 Å². The predicted octanol–water partition coefficient (Wildman–Crippen LogP) is 5.98. The highest BCUT2D eigenvalue weighted by Crippen LogP contribution is 2.59. The maximum absolute atomic E-state index is 14.8. The summed E-state index contributed by atoms with van der Waals surface area (Å²) in [5.41, 5.74) is 0.113. The molecule has 3 aromatic heterocycles. The highest BCUT2D eigenvalue weighted by Gasteiger charge is 2.66. The lowest BCUT2D eigenvalue weighted by molar-refractivity contribution is -0.165. The van der Waals surface area contributed by atoms with Crippen LogP contribution in [-0.2, 0) is 28.6 Å².